The lowest BCUT2D eigenvalue weighted by atomic mass is 10.0. The van der Waals surface area contributed by atoms with Crippen LogP contribution in [0.4, 0.5) is 0 Å². The molecule has 32 heavy (non-hydrogen) atoms. The molecule has 3 rings (SSSR count). The van der Waals surface area contributed by atoms with Crippen molar-refractivity contribution in [3.8, 4) is 0 Å². The second-order valence-electron chi connectivity index (χ2n) is 8.95. The molecule has 2 aliphatic heterocycles. The van der Waals surface area contributed by atoms with Gasteiger partial charge in [-0.05, 0) is 44.4 Å². The van der Waals surface area contributed by atoms with Crippen molar-refractivity contribution in [2.75, 3.05) is 52.4 Å². The molecule has 5 nitrogen and oxygen atoms in total. The van der Waals surface area contributed by atoms with Gasteiger partial charge in [-0.15, -0.1) is 0 Å². The first-order valence-electron chi connectivity index (χ1n) is 12.0. The number of hydrogen-bond donors (Lipinski definition) is 0. The number of rotatable bonds is 7. The third-order valence-electron chi connectivity index (χ3n) is 6.79. The summed E-state index contributed by atoms with van der Waals surface area (Å²) in [5.41, 5.74) is 6.54. The summed E-state index contributed by atoms with van der Waals surface area (Å²) < 4.78 is 0. The van der Waals surface area contributed by atoms with E-state index in [1.54, 1.807) is 6.20 Å². The molecule has 0 amide bonds. The summed E-state index contributed by atoms with van der Waals surface area (Å²) in [6, 6.07) is 6.91. The summed E-state index contributed by atoms with van der Waals surface area (Å²) >= 11 is 0. The minimum atomic E-state index is 0.969. The van der Waals surface area contributed by atoms with E-state index in [4.69, 9.17) is 0 Å². The molecule has 2 saturated heterocycles. The van der Waals surface area contributed by atoms with Gasteiger partial charge in [0, 0.05) is 82.1 Å². The average molecular weight is 436 g/mol. The van der Waals surface area contributed by atoms with Gasteiger partial charge in [0.2, 0.25) is 0 Å². The van der Waals surface area contributed by atoms with Gasteiger partial charge in [-0.2, -0.15) is 0 Å². The second-order valence-corrected chi connectivity index (χ2v) is 8.95. The van der Waals surface area contributed by atoms with Gasteiger partial charge in [0.1, 0.15) is 5.84 Å². The number of hydrogen-bond acceptors (Lipinski definition) is 4. The van der Waals surface area contributed by atoms with Gasteiger partial charge in [0.15, 0.2) is 0 Å². The van der Waals surface area contributed by atoms with Crippen LogP contribution in [0.1, 0.15) is 43.9 Å². The molecular weight excluding hydrogens is 394 g/mol. The lowest BCUT2D eigenvalue weighted by Gasteiger charge is -2.38. The third kappa shape index (κ3) is 6.04. The lowest BCUT2D eigenvalue weighted by molar-refractivity contribution is 0.152. The molecule has 0 atom stereocenters. The van der Waals surface area contributed by atoms with E-state index in [1.807, 2.05) is 0 Å². The van der Waals surface area contributed by atoms with Crippen molar-refractivity contribution in [1.82, 2.24) is 19.6 Å². The number of allylic oxidation sites excluding steroid dienone is 2. The molecule has 0 bridgehead atoms. The van der Waals surface area contributed by atoms with Crippen LogP contribution < -0.4 is 0 Å². The SMILES string of the molecule is C=CN=C(C)N1CCN(C(=C)c2cc(CN3CCN(/C(C)=C/CC)CC3)ccc2C)CC1. The minimum absolute atomic E-state index is 0.969. The van der Waals surface area contributed by atoms with Crippen LogP contribution in [0, 0.1) is 6.92 Å². The van der Waals surface area contributed by atoms with Crippen LogP contribution in [-0.2, 0) is 6.54 Å². The third-order valence-corrected chi connectivity index (χ3v) is 6.79. The van der Waals surface area contributed by atoms with Crippen molar-refractivity contribution in [3.05, 3.63) is 66.0 Å². The molecule has 0 aromatic heterocycles. The van der Waals surface area contributed by atoms with E-state index < -0.39 is 0 Å². The van der Waals surface area contributed by atoms with Crippen molar-refractivity contribution in [3.63, 3.8) is 0 Å². The molecule has 0 unspecified atom stereocenters. The second kappa shape index (κ2) is 11.4. The smallest absolute Gasteiger partial charge is 0.101 e. The summed E-state index contributed by atoms with van der Waals surface area (Å²) in [6.07, 6.45) is 5.07. The highest BCUT2D eigenvalue weighted by atomic mass is 15.3. The number of aliphatic imine (C=N–C) groups is 1. The number of piperazine rings is 2. The summed E-state index contributed by atoms with van der Waals surface area (Å²) in [7, 11) is 0. The summed E-state index contributed by atoms with van der Waals surface area (Å²) in [4.78, 5) is 14.2. The zero-order chi connectivity index (χ0) is 23.1. The predicted molar refractivity (Wildman–Crippen MR) is 138 cm³/mol. The van der Waals surface area contributed by atoms with E-state index in [1.165, 1.54) is 22.4 Å². The van der Waals surface area contributed by atoms with Gasteiger partial charge >= 0.3 is 0 Å². The van der Waals surface area contributed by atoms with Gasteiger partial charge in [-0.1, -0.05) is 38.3 Å². The largest absolute Gasteiger partial charge is 0.373 e. The molecule has 5 heteroatoms. The molecule has 174 valence electrons. The molecule has 2 fully saturated rings. The Bertz CT molecular complexity index is 853. The molecule has 0 N–H and O–H groups in total. The van der Waals surface area contributed by atoms with Crippen LogP contribution in [-0.4, -0.2) is 77.8 Å². The summed E-state index contributed by atoms with van der Waals surface area (Å²) in [5, 5.41) is 0. The van der Waals surface area contributed by atoms with Crippen molar-refractivity contribution >= 4 is 11.5 Å². The van der Waals surface area contributed by atoms with E-state index >= 15 is 0 Å². The van der Waals surface area contributed by atoms with Gasteiger partial charge < -0.3 is 14.7 Å². The van der Waals surface area contributed by atoms with E-state index in [-0.39, 0.29) is 0 Å². The fourth-order valence-electron chi connectivity index (χ4n) is 4.70. The molecule has 0 radical (unpaired) electrons. The molecular formula is C27H41N5. The van der Waals surface area contributed by atoms with Crippen molar-refractivity contribution in [2.45, 2.75) is 40.7 Å². The normalized spacial score (nSPS) is 18.8. The Hall–Kier alpha value is -2.53. The van der Waals surface area contributed by atoms with E-state index in [0.717, 1.165) is 76.9 Å². The number of benzene rings is 1. The van der Waals surface area contributed by atoms with Crippen molar-refractivity contribution < 1.29 is 0 Å². The highest BCUT2D eigenvalue weighted by Gasteiger charge is 2.21. The zero-order valence-corrected chi connectivity index (χ0v) is 20.6. The van der Waals surface area contributed by atoms with Crippen LogP contribution in [0.5, 0.6) is 0 Å². The summed E-state index contributed by atoms with van der Waals surface area (Å²) in [6.45, 7) is 26.3. The Morgan fingerprint density at radius 1 is 0.969 bits per heavy atom. The van der Waals surface area contributed by atoms with Crippen molar-refractivity contribution in [2.24, 2.45) is 4.99 Å². The van der Waals surface area contributed by atoms with Gasteiger partial charge in [-0.25, -0.2) is 4.99 Å². The monoisotopic (exact) mass is 435 g/mol. The number of nitrogens with zero attached hydrogens (tertiary/aromatic N) is 5. The Morgan fingerprint density at radius 3 is 2.22 bits per heavy atom. The quantitative estimate of drug-likeness (QED) is 0.463. The Morgan fingerprint density at radius 2 is 1.59 bits per heavy atom. The van der Waals surface area contributed by atoms with E-state index in [0.29, 0.717) is 0 Å². The van der Waals surface area contributed by atoms with E-state index in [2.05, 4.69) is 89.7 Å². The Kier molecular flexibility index (Phi) is 8.57. The first kappa shape index (κ1) is 24.1. The van der Waals surface area contributed by atoms with Gasteiger partial charge in [0.05, 0.1) is 0 Å². The standard InChI is InChI=1S/C27H41N5/c1-7-9-23(4)30-14-12-29(13-15-30)21-26-11-10-22(3)27(20-26)24(5)31-16-18-32(19-17-31)25(6)28-8-2/h8-11,20H,2,5,7,12-19,21H2,1,3-4,6H3/b23-9+,28-25?. The fraction of sp³-hybridized carbons (Fsp3) is 0.519. The predicted octanol–water partition coefficient (Wildman–Crippen LogP) is 4.58. The summed E-state index contributed by atoms with van der Waals surface area (Å²) in [5.74, 6) is 1.05. The van der Waals surface area contributed by atoms with Crippen LogP contribution >= 0.6 is 0 Å². The lowest BCUT2D eigenvalue weighted by Crippen LogP contribution is -2.47. The first-order valence-corrected chi connectivity index (χ1v) is 12.0. The Balaban J connectivity index is 1.59. The molecule has 1 aromatic rings. The molecule has 2 heterocycles. The fourth-order valence-corrected chi connectivity index (χ4v) is 4.70. The van der Waals surface area contributed by atoms with Crippen LogP contribution in [0.2, 0.25) is 0 Å². The highest BCUT2D eigenvalue weighted by Crippen LogP contribution is 2.25. The van der Waals surface area contributed by atoms with Crippen LogP contribution in [0.3, 0.4) is 0 Å². The number of amidine groups is 1. The topological polar surface area (TPSA) is 25.3 Å². The van der Waals surface area contributed by atoms with Crippen LogP contribution in [0.15, 0.2) is 54.3 Å². The first-order chi connectivity index (χ1) is 15.4. The van der Waals surface area contributed by atoms with Gasteiger partial charge in [0.25, 0.3) is 0 Å². The molecule has 0 saturated carbocycles. The highest BCUT2D eigenvalue weighted by molar-refractivity contribution is 5.80. The average Bonchev–Trinajstić information content (AvgIpc) is 2.81. The maximum absolute atomic E-state index is 4.48. The van der Waals surface area contributed by atoms with Gasteiger partial charge in [-0.3, -0.25) is 4.90 Å². The van der Waals surface area contributed by atoms with Crippen molar-refractivity contribution in [1.29, 1.82) is 0 Å². The maximum Gasteiger partial charge on any atom is 0.101 e. The Labute approximate surface area is 195 Å². The number of aryl methyl sites for hydroxylation is 1. The zero-order valence-electron chi connectivity index (χ0n) is 20.6. The minimum Gasteiger partial charge on any atom is -0.373 e. The molecule has 1 aromatic carbocycles. The molecule has 0 aliphatic carbocycles. The molecule has 2 aliphatic rings. The maximum atomic E-state index is 4.48. The van der Waals surface area contributed by atoms with E-state index in [9.17, 15) is 0 Å². The van der Waals surface area contributed by atoms with Crippen LogP contribution in [0.25, 0.3) is 5.70 Å². The molecule has 0 spiro atoms.